The Bertz CT molecular complexity index is 1970. The van der Waals surface area contributed by atoms with Crippen LogP contribution in [-0.4, -0.2) is 76.5 Å². The molecule has 1 saturated heterocycles. The fourth-order valence-electron chi connectivity index (χ4n) is 8.13. The summed E-state index contributed by atoms with van der Waals surface area (Å²) in [4.78, 5) is 32.1. The van der Waals surface area contributed by atoms with Gasteiger partial charge in [0.1, 0.15) is 17.9 Å². The molecule has 10 nitrogen and oxygen atoms in total. The number of pyridine rings is 1. The lowest BCUT2D eigenvalue weighted by molar-refractivity contribution is -0.160. The number of aryl methyl sites for hydroxylation is 3. The van der Waals surface area contributed by atoms with Gasteiger partial charge in [0.15, 0.2) is 6.10 Å². The number of fused-ring (bicyclic) bond motifs is 2. The van der Waals surface area contributed by atoms with Gasteiger partial charge in [0.2, 0.25) is 0 Å². The van der Waals surface area contributed by atoms with Gasteiger partial charge in [0.25, 0.3) is 0 Å². The molecule has 1 N–H and O–H groups in total. The number of carbonyl (C=O) groups is 1. The van der Waals surface area contributed by atoms with Crippen LogP contribution >= 0.6 is 0 Å². The molecule has 2 aromatic heterocycles. The zero-order chi connectivity index (χ0) is 37.3. The second-order valence-corrected chi connectivity index (χ2v) is 16.0. The lowest BCUT2D eigenvalue weighted by Crippen LogP contribution is -2.31. The SMILES string of the molecule is Cc1cc(N2CCc3cc(-c4c(CN(C)CC5CCOCC5)nc(C)c([C@H](OC(C)(C)C)C(=O)O)c4-c4ccc5c(c4)CCCO5)ccc3C2)ncn1. The Hall–Kier alpha value is -4.38. The average molecular weight is 720 g/mol. The molecule has 5 heterocycles. The summed E-state index contributed by atoms with van der Waals surface area (Å²) in [6, 6.07) is 15.1. The molecule has 0 saturated carbocycles. The third-order valence-corrected chi connectivity index (χ3v) is 10.6. The molecule has 3 aliphatic heterocycles. The van der Waals surface area contributed by atoms with Crippen molar-refractivity contribution in [2.24, 2.45) is 5.92 Å². The van der Waals surface area contributed by atoms with Gasteiger partial charge < -0.3 is 29.1 Å². The van der Waals surface area contributed by atoms with Crippen LogP contribution in [0.5, 0.6) is 5.75 Å². The van der Waals surface area contributed by atoms with Crippen LogP contribution in [0.2, 0.25) is 0 Å². The third-order valence-electron chi connectivity index (χ3n) is 10.6. The fraction of sp³-hybridized carbons (Fsp3) is 0.488. The molecular weight excluding hydrogens is 667 g/mol. The Balaban J connectivity index is 1.40. The zero-order valence-electron chi connectivity index (χ0n) is 32.1. The monoisotopic (exact) mass is 719 g/mol. The summed E-state index contributed by atoms with van der Waals surface area (Å²) in [6.45, 7) is 15.1. The molecule has 4 aromatic rings. The van der Waals surface area contributed by atoms with E-state index in [1.165, 1.54) is 11.1 Å². The summed E-state index contributed by atoms with van der Waals surface area (Å²) in [5.74, 6) is 1.35. The van der Waals surface area contributed by atoms with Gasteiger partial charge in [-0.3, -0.25) is 4.98 Å². The maximum Gasteiger partial charge on any atom is 0.337 e. The third kappa shape index (κ3) is 8.40. The molecule has 0 spiro atoms. The molecule has 0 amide bonds. The highest BCUT2D eigenvalue weighted by Gasteiger charge is 2.35. The van der Waals surface area contributed by atoms with Crippen LogP contribution in [0.25, 0.3) is 22.3 Å². The number of hydrogen-bond acceptors (Lipinski definition) is 9. The Labute approximate surface area is 313 Å². The normalized spacial score (nSPS) is 16.9. The van der Waals surface area contributed by atoms with E-state index in [4.69, 9.17) is 19.2 Å². The van der Waals surface area contributed by atoms with Gasteiger partial charge in [-0.1, -0.05) is 24.3 Å². The first-order chi connectivity index (χ1) is 25.4. The second-order valence-electron chi connectivity index (χ2n) is 16.0. The summed E-state index contributed by atoms with van der Waals surface area (Å²) in [5, 5.41) is 10.8. The summed E-state index contributed by atoms with van der Waals surface area (Å²) in [5.41, 5.74) is 9.89. The number of ether oxygens (including phenoxy) is 3. The van der Waals surface area contributed by atoms with Gasteiger partial charge in [0.05, 0.1) is 17.9 Å². The number of nitrogens with zero attached hydrogens (tertiary/aromatic N) is 5. The van der Waals surface area contributed by atoms with Crippen molar-refractivity contribution < 1.29 is 24.1 Å². The number of anilines is 1. The first-order valence-electron chi connectivity index (χ1n) is 19.1. The van der Waals surface area contributed by atoms with Crippen LogP contribution in [0.15, 0.2) is 48.8 Å². The second kappa shape index (κ2) is 15.5. The molecule has 10 heteroatoms. The van der Waals surface area contributed by atoms with Gasteiger partial charge in [-0.2, -0.15) is 0 Å². The topological polar surface area (TPSA) is 110 Å². The maximum absolute atomic E-state index is 13.2. The number of carboxylic acids is 1. The smallest absolute Gasteiger partial charge is 0.337 e. The van der Waals surface area contributed by atoms with Crippen LogP contribution in [-0.2, 0) is 40.2 Å². The lowest BCUT2D eigenvalue weighted by atomic mass is 9.84. The van der Waals surface area contributed by atoms with Gasteiger partial charge in [-0.25, -0.2) is 14.8 Å². The van der Waals surface area contributed by atoms with E-state index in [0.717, 1.165) is 116 Å². The zero-order valence-corrected chi connectivity index (χ0v) is 32.1. The van der Waals surface area contributed by atoms with E-state index in [1.807, 2.05) is 46.8 Å². The van der Waals surface area contributed by atoms with E-state index in [-0.39, 0.29) is 0 Å². The van der Waals surface area contributed by atoms with Crippen molar-refractivity contribution in [3.63, 3.8) is 0 Å². The van der Waals surface area contributed by atoms with E-state index < -0.39 is 17.7 Å². The van der Waals surface area contributed by atoms with E-state index >= 15 is 0 Å². The summed E-state index contributed by atoms with van der Waals surface area (Å²) in [7, 11) is 2.17. The Morgan fingerprint density at radius 1 is 0.981 bits per heavy atom. The minimum absolute atomic E-state index is 0.555. The molecule has 0 bridgehead atoms. The standard InChI is InChI=1S/C43H53N5O5/c1-27-20-37(45-26-44-27)48-16-13-30-21-32(9-10-34(30)24-48)39-35(25-47(6)23-29-14-18-51-19-15-29)46-28(2)38(41(42(49)50)53-43(3,4)5)40(39)33-11-12-36-31(22-33)8-7-17-52-36/h9-12,20-22,26,29,41H,7-8,13-19,23-25H2,1-6H3,(H,49,50)/t41-/m0/s1. The van der Waals surface area contributed by atoms with E-state index in [1.54, 1.807) is 6.33 Å². The van der Waals surface area contributed by atoms with Gasteiger partial charge in [0, 0.05) is 68.0 Å². The Morgan fingerprint density at radius 3 is 2.49 bits per heavy atom. The molecule has 2 aromatic carbocycles. The molecule has 0 unspecified atom stereocenters. The minimum atomic E-state index is -1.22. The molecule has 0 radical (unpaired) electrons. The number of carboxylic acid groups (broad SMARTS) is 1. The predicted octanol–water partition coefficient (Wildman–Crippen LogP) is 7.51. The van der Waals surface area contributed by atoms with Crippen molar-refractivity contribution in [2.45, 2.75) is 91.5 Å². The number of aromatic nitrogens is 3. The highest BCUT2D eigenvalue weighted by atomic mass is 16.5. The number of aliphatic carboxylic acids is 1. The van der Waals surface area contributed by atoms with Crippen molar-refractivity contribution in [1.82, 2.24) is 19.9 Å². The molecule has 280 valence electrons. The number of rotatable bonds is 10. The lowest BCUT2D eigenvalue weighted by Gasteiger charge is -2.32. The van der Waals surface area contributed by atoms with Crippen molar-refractivity contribution in [3.8, 4) is 28.0 Å². The van der Waals surface area contributed by atoms with Crippen LogP contribution in [0, 0.1) is 19.8 Å². The highest BCUT2D eigenvalue weighted by molar-refractivity contribution is 5.91. The summed E-state index contributed by atoms with van der Waals surface area (Å²) in [6.07, 6.45) is 5.20. The fourth-order valence-corrected chi connectivity index (χ4v) is 8.13. The van der Waals surface area contributed by atoms with Crippen LogP contribution in [0.3, 0.4) is 0 Å². The first kappa shape index (κ1) is 37.0. The van der Waals surface area contributed by atoms with E-state index in [2.05, 4.69) is 57.1 Å². The Kier molecular flexibility index (Phi) is 10.8. The summed E-state index contributed by atoms with van der Waals surface area (Å²) < 4.78 is 18.1. The summed E-state index contributed by atoms with van der Waals surface area (Å²) >= 11 is 0. The van der Waals surface area contributed by atoms with Gasteiger partial charge in [-0.15, -0.1) is 0 Å². The van der Waals surface area contributed by atoms with Crippen molar-refractivity contribution in [1.29, 1.82) is 0 Å². The average Bonchev–Trinajstić information content (AvgIpc) is 3.13. The molecule has 3 aliphatic rings. The highest BCUT2D eigenvalue weighted by Crippen LogP contribution is 2.45. The minimum Gasteiger partial charge on any atom is -0.493 e. The van der Waals surface area contributed by atoms with Crippen molar-refractivity contribution in [3.05, 3.63) is 88.1 Å². The largest absolute Gasteiger partial charge is 0.493 e. The van der Waals surface area contributed by atoms with Gasteiger partial charge >= 0.3 is 5.97 Å². The molecule has 0 aliphatic carbocycles. The van der Waals surface area contributed by atoms with Crippen molar-refractivity contribution >= 4 is 11.8 Å². The van der Waals surface area contributed by atoms with Crippen molar-refractivity contribution in [2.75, 3.05) is 44.9 Å². The van der Waals surface area contributed by atoms with E-state index in [9.17, 15) is 9.90 Å². The molecule has 7 rings (SSSR count). The number of benzene rings is 2. The van der Waals surface area contributed by atoms with Crippen LogP contribution < -0.4 is 9.64 Å². The maximum atomic E-state index is 13.2. The molecule has 53 heavy (non-hydrogen) atoms. The van der Waals surface area contributed by atoms with Crippen LogP contribution in [0.1, 0.15) is 85.5 Å². The Morgan fingerprint density at radius 2 is 1.74 bits per heavy atom. The van der Waals surface area contributed by atoms with E-state index in [0.29, 0.717) is 30.3 Å². The van der Waals surface area contributed by atoms with Crippen LogP contribution in [0.4, 0.5) is 5.82 Å². The molecule has 1 fully saturated rings. The van der Waals surface area contributed by atoms with Gasteiger partial charge in [-0.05, 0) is 125 Å². The molecular formula is C43H53N5O5. The first-order valence-corrected chi connectivity index (χ1v) is 19.1. The number of hydrogen-bond donors (Lipinski definition) is 1. The quantitative estimate of drug-likeness (QED) is 0.177. The molecule has 1 atom stereocenters. The predicted molar refractivity (Wildman–Crippen MR) is 206 cm³/mol.